The van der Waals surface area contributed by atoms with E-state index < -0.39 is 0 Å². The minimum Gasteiger partial charge on any atom is -0.344 e. The van der Waals surface area contributed by atoms with E-state index in [0.717, 1.165) is 22.6 Å². The highest BCUT2D eigenvalue weighted by Gasteiger charge is 2.03. The summed E-state index contributed by atoms with van der Waals surface area (Å²) in [6, 6.07) is 10.6. The average Bonchev–Trinajstić information content (AvgIpc) is 2.31. The first-order valence-electron chi connectivity index (χ1n) is 6.02. The lowest BCUT2D eigenvalue weighted by atomic mass is 10.0. The van der Waals surface area contributed by atoms with Crippen LogP contribution in [-0.4, -0.2) is 4.98 Å². The van der Waals surface area contributed by atoms with Gasteiger partial charge in [-0.05, 0) is 38.0 Å². The largest absolute Gasteiger partial charge is 0.344 e. The van der Waals surface area contributed by atoms with Gasteiger partial charge in [-0.2, -0.15) is 0 Å². The van der Waals surface area contributed by atoms with E-state index in [1.807, 2.05) is 13.1 Å². The van der Waals surface area contributed by atoms with Gasteiger partial charge in [-0.1, -0.05) is 36.4 Å². The minimum absolute atomic E-state index is 0.874. The molecule has 0 atom stereocenters. The van der Waals surface area contributed by atoms with Crippen LogP contribution in [0.2, 0.25) is 0 Å². The molecule has 1 N–H and O–H groups in total. The lowest BCUT2D eigenvalue weighted by Crippen LogP contribution is -1.99. The molecule has 0 saturated carbocycles. The lowest BCUT2D eigenvalue weighted by Gasteiger charge is -2.10. The molecule has 2 heteroatoms. The van der Waals surface area contributed by atoms with Gasteiger partial charge in [0.2, 0.25) is 0 Å². The van der Waals surface area contributed by atoms with Gasteiger partial charge in [0.15, 0.2) is 0 Å². The van der Waals surface area contributed by atoms with E-state index in [-0.39, 0.29) is 0 Å². The fourth-order valence-corrected chi connectivity index (χ4v) is 1.89. The third kappa shape index (κ3) is 2.77. The summed E-state index contributed by atoms with van der Waals surface area (Å²) in [7, 11) is 0. The molecule has 0 fully saturated rings. The Morgan fingerprint density at radius 3 is 2.56 bits per heavy atom. The summed E-state index contributed by atoms with van der Waals surface area (Å²) in [5.74, 6) is 0.874. The molecule has 0 radical (unpaired) electrons. The van der Waals surface area contributed by atoms with Crippen LogP contribution < -0.4 is 5.32 Å². The van der Waals surface area contributed by atoms with Crippen LogP contribution >= 0.6 is 0 Å². The maximum Gasteiger partial charge on any atom is 0.132 e. The first kappa shape index (κ1) is 12.4. The maximum absolute atomic E-state index is 4.45. The SMILES string of the molecule is C=C(C)Nc1ncc(-c2cccc(C)c2)cc1C. The quantitative estimate of drug-likeness (QED) is 0.861. The summed E-state index contributed by atoms with van der Waals surface area (Å²) >= 11 is 0. The Bertz CT molecular complexity index is 585. The van der Waals surface area contributed by atoms with Crippen molar-refractivity contribution in [2.45, 2.75) is 20.8 Å². The number of anilines is 1. The predicted molar refractivity (Wildman–Crippen MR) is 77.6 cm³/mol. The highest BCUT2D eigenvalue weighted by molar-refractivity contribution is 5.66. The summed E-state index contributed by atoms with van der Waals surface area (Å²) < 4.78 is 0. The Balaban J connectivity index is 2.37. The van der Waals surface area contributed by atoms with Gasteiger partial charge in [0, 0.05) is 17.5 Å². The van der Waals surface area contributed by atoms with Crippen LogP contribution in [-0.2, 0) is 0 Å². The highest BCUT2D eigenvalue weighted by atomic mass is 15.0. The van der Waals surface area contributed by atoms with Crippen LogP contribution in [0.15, 0.2) is 48.8 Å². The number of aryl methyl sites for hydroxylation is 2. The second-order valence-corrected chi connectivity index (χ2v) is 4.66. The molecule has 2 aromatic rings. The van der Waals surface area contributed by atoms with Gasteiger partial charge in [0.1, 0.15) is 5.82 Å². The van der Waals surface area contributed by atoms with E-state index in [2.05, 4.69) is 61.1 Å². The van der Waals surface area contributed by atoms with Crippen LogP contribution in [0.5, 0.6) is 0 Å². The molecule has 18 heavy (non-hydrogen) atoms. The molecule has 0 unspecified atom stereocenters. The number of hydrogen-bond acceptors (Lipinski definition) is 2. The first-order chi connectivity index (χ1) is 8.56. The number of allylic oxidation sites excluding steroid dienone is 1. The fourth-order valence-electron chi connectivity index (χ4n) is 1.89. The van der Waals surface area contributed by atoms with Gasteiger partial charge in [0.05, 0.1) is 0 Å². The summed E-state index contributed by atoms with van der Waals surface area (Å²) in [5.41, 5.74) is 5.62. The Morgan fingerprint density at radius 2 is 1.94 bits per heavy atom. The third-order valence-electron chi connectivity index (χ3n) is 2.76. The molecule has 0 amide bonds. The van der Waals surface area contributed by atoms with Crippen molar-refractivity contribution in [3.05, 3.63) is 59.9 Å². The summed E-state index contributed by atoms with van der Waals surface area (Å²) in [4.78, 5) is 4.45. The Hall–Kier alpha value is -2.09. The van der Waals surface area contributed by atoms with Crippen molar-refractivity contribution in [1.29, 1.82) is 0 Å². The molecular formula is C16H18N2. The van der Waals surface area contributed by atoms with Gasteiger partial charge < -0.3 is 5.32 Å². The van der Waals surface area contributed by atoms with E-state index in [1.165, 1.54) is 11.1 Å². The average molecular weight is 238 g/mol. The number of nitrogens with zero attached hydrogens (tertiary/aromatic N) is 1. The van der Waals surface area contributed by atoms with Crippen LogP contribution in [0.25, 0.3) is 11.1 Å². The lowest BCUT2D eigenvalue weighted by molar-refractivity contribution is 1.22. The molecule has 0 saturated heterocycles. The van der Waals surface area contributed by atoms with Crippen molar-refractivity contribution in [3.63, 3.8) is 0 Å². The van der Waals surface area contributed by atoms with Crippen LogP contribution in [0, 0.1) is 13.8 Å². The van der Waals surface area contributed by atoms with Gasteiger partial charge in [-0.3, -0.25) is 0 Å². The van der Waals surface area contributed by atoms with E-state index in [0.29, 0.717) is 0 Å². The maximum atomic E-state index is 4.45. The number of rotatable bonds is 3. The van der Waals surface area contributed by atoms with E-state index in [4.69, 9.17) is 0 Å². The Labute approximate surface area is 108 Å². The smallest absolute Gasteiger partial charge is 0.132 e. The predicted octanol–water partition coefficient (Wildman–Crippen LogP) is 4.31. The molecule has 2 nitrogen and oxygen atoms in total. The Morgan fingerprint density at radius 1 is 1.17 bits per heavy atom. The molecule has 0 aliphatic carbocycles. The van der Waals surface area contributed by atoms with Crippen molar-refractivity contribution in [1.82, 2.24) is 4.98 Å². The molecular weight excluding hydrogens is 220 g/mol. The number of nitrogens with one attached hydrogen (secondary N) is 1. The molecule has 1 aromatic heterocycles. The molecule has 0 bridgehead atoms. The van der Waals surface area contributed by atoms with Crippen molar-refractivity contribution in [2.75, 3.05) is 5.32 Å². The van der Waals surface area contributed by atoms with E-state index in [9.17, 15) is 0 Å². The highest BCUT2D eigenvalue weighted by Crippen LogP contribution is 2.23. The monoisotopic (exact) mass is 238 g/mol. The summed E-state index contributed by atoms with van der Waals surface area (Å²) in [5, 5.41) is 3.16. The molecule has 1 heterocycles. The van der Waals surface area contributed by atoms with Crippen molar-refractivity contribution >= 4 is 5.82 Å². The van der Waals surface area contributed by atoms with Crippen LogP contribution in [0.3, 0.4) is 0 Å². The van der Waals surface area contributed by atoms with Crippen molar-refractivity contribution in [2.24, 2.45) is 0 Å². The second-order valence-electron chi connectivity index (χ2n) is 4.66. The van der Waals surface area contributed by atoms with Crippen LogP contribution in [0.1, 0.15) is 18.1 Å². The first-order valence-corrected chi connectivity index (χ1v) is 6.02. The number of aromatic nitrogens is 1. The minimum atomic E-state index is 0.874. The normalized spacial score (nSPS) is 10.2. The summed E-state index contributed by atoms with van der Waals surface area (Å²) in [6.45, 7) is 9.91. The molecule has 2 rings (SSSR count). The molecule has 0 aliphatic rings. The second kappa shape index (κ2) is 5.05. The zero-order valence-electron chi connectivity index (χ0n) is 11.1. The standard InChI is InChI=1S/C16H18N2/c1-11(2)18-16-13(4)9-15(10-17-16)14-7-5-6-12(3)8-14/h5-10H,1H2,2-4H3,(H,17,18). The summed E-state index contributed by atoms with van der Waals surface area (Å²) in [6.07, 6.45) is 1.90. The molecule has 1 aromatic carbocycles. The number of hydrogen-bond donors (Lipinski definition) is 1. The Kier molecular flexibility index (Phi) is 3.47. The topological polar surface area (TPSA) is 24.9 Å². The third-order valence-corrected chi connectivity index (χ3v) is 2.76. The van der Waals surface area contributed by atoms with Crippen molar-refractivity contribution < 1.29 is 0 Å². The zero-order chi connectivity index (χ0) is 13.1. The van der Waals surface area contributed by atoms with E-state index in [1.54, 1.807) is 0 Å². The van der Waals surface area contributed by atoms with Crippen molar-refractivity contribution in [3.8, 4) is 11.1 Å². The number of benzene rings is 1. The molecule has 0 spiro atoms. The zero-order valence-corrected chi connectivity index (χ0v) is 11.1. The van der Waals surface area contributed by atoms with Crippen LogP contribution in [0.4, 0.5) is 5.82 Å². The van der Waals surface area contributed by atoms with Gasteiger partial charge in [-0.25, -0.2) is 4.98 Å². The van der Waals surface area contributed by atoms with E-state index >= 15 is 0 Å². The number of pyridine rings is 1. The fraction of sp³-hybridized carbons (Fsp3) is 0.188. The van der Waals surface area contributed by atoms with Gasteiger partial charge in [-0.15, -0.1) is 0 Å². The van der Waals surface area contributed by atoms with Gasteiger partial charge >= 0.3 is 0 Å². The molecule has 0 aliphatic heterocycles. The van der Waals surface area contributed by atoms with Gasteiger partial charge in [0.25, 0.3) is 0 Å². The molecule has 92 valence electrons.